The van der Waals surface area contributed by atoms with Gasteiger partial charge < -0.3 is 10.4 Å². The molecule has 0 aliphatic carbocycles. The van der Waals surface area contributed by atoms with E-state index in [1.807, 2.05) is 20.8 Å². The van der Waals surface area contributed by atoms with E-state index in [9.17, 15) is 4.79 Å². The van der Waals surface area contributed by atoms with Crippen molar-refractivity contribution in [3.8, 4) is 0 Å². The topological polar surface area (TPSA) is 62.2 Å². The molecule has 1 amide bonds. The van der Waals surface area contributed by atoms with Gasteiger partial charge in [0.2, 0.25) is 0 Å². The molecule has 1 aromatic heterocycles. The van der Waals surface area contributed by atoms with Crippen LogP contribution in [0.15, 0.2) is 5.51 Å². The van der Waals surface area contributed by atoms with Gasteiger partial charge in [-0.2, -0.15) is 0 Å². The second kappa shape index (κ2) is 5.96. The molecule has 0 fully saturated rings. The molecule has 0 radical (unpaired) electrons. The van der Waals surface area contributed by atoms with Crippen LogP contribution in [0.25, 0.3) is 0 Å². The Morgan fingerprint density at radius 3 is 2.75 bits per heavy atom. The molecule has 1 aromatic rings. The van der Waals surface area contributed by atoms with Crippen molar-refractivity contribution in [1.82, 2.24) is 10.3 Å². The van der Waals surface area contributed by atoms with Gasteiger partial charge in [-0.3, -0.25) is 4.79 Å². The molecule has 90 valence electrons. The monoisotopic (exact) mass is 242 g/mol. The Balaban J connectivity index is 2.65. The largest absolute Gasteiger partial charge is 0.396 e. The zero-order valence-corrected chi connectivity index (χ0v) is 10.7. The lowest BCUT2D eigenvalue weighted by molar-refractivity contribution is 0.0920. The number of aromatic nitrogens is 1. The zero-order valence-electron chi connectivity index (χ0n) is 9.86. The lowest BCUT2D eigenvalue weighted by Gasteiger charge is -2.21. The molecule has 0 spiro atoms. The van der Waals surface area contributed by atoms with Gasteiger partial charge in [0, 0.05) is 12.6 Å². The first-order valence-electron chi connectivity index (χ1n) is 5.38. The molecule has 2 N–H and O–H groups in total. The van der Waals surface area contributed by atoms with Crippen molar-refractivity contribution in [2.75, 3.05) is 6.61 Å². The summed E-state index contributed by atoms with van der Waals surface area (Å²) in [7, 11) is 0. The Bertz CT molecular complexity index is 350. The van der Waals surface area contributed by atoms with Crippen LogP contribution in [0.1, 0.15) is 35.6 Å². The van der Waals surface area contributed by atoms with Gasteiger partial charge >= 0.3 is 0 Å². The average molecular weight is 242 g/mol. The van der Waals surface area contributed by atoms with E-state index in [1.165, 1.54) is 11.3 Å². The first kappa shape index (κ1) is 13.1. The third-order valence-electron chi connectivity index (χ3n) is 2.51. The van der Waals surface area contributed by atoms with Gasteiger partial charge in [-0.1, -0.05) is 13.8 Å². The molecule has 1 rings (SSSR count). The predicted octanol–water partition coefficient (Wildman–Crippen LogP) is 1.59. The molecule has 16 heavy (non-hydrogen) atoms. The van der Waals surface area contributed by atoms with Crippen LogP contribution in [0.5, 0.6) is 0 Å². The van der Waals surface area contributed by atoms with Crippen molar-refractivity contribution < 1.29 is 9.90 Å². The Morgan fingerprint density at radius 1 is 1.62 bits per heavy atom. The molecule has 0 saturated heterocycles. The van der Waals surface area contributed by atoms with Crippen LogP contribution in [0, 0.1) is 12.8 Å². The van der Waals surface area contributed by atoms with Gasteiger partial charge in [0.1, 0.15) is 4.88 Å². The summed E-state index contributed by atoms with van der Waals surface area (Å²) in [5, 5.41) is 11.9. The fraction of sp³-hybridized carbons (Fsp3) is 0.636. The van der Waals surface area contributed by atoms with Gasteiger partial charge in [-0.15, -0.1) is 11.3 Å². The van der Waals surface area contributed by atoms with Gasteiger partial charge in [0.25, 0.3) is 5.91 Å². The smallest absolute Gasteiger partial charge is 0.263 e. The minimum absolute atomic E-state index is 0.0130. The van der Waals surface area contributed by atoms with E-state index in [2.05, 4.69) is 10.3 Å². The van der Waals surface area contributed by atoms with Crippen molar-refractivity contribution in [2.24, 2.45) is 5.92 Å². The number of aliphatic hydroxyl groups is 1. The van der Waals surface area contributed by atoms with E-state index in [1.54, 1.807) is 5.51 Å². The Labute approximate surface area is 99.7 Å². The maximum Gasteiger partial charge on any atom is 0.263 e. The zero-order chi connectivity index (χ0) is 12.1. The predicted molar refractivity (Wildman–Crippen MR) is 64.6 cm³/mol. The van der Waals surface area contributed by atoms with Crippen LogP contribution in [0.2, 0.25) is 0 Å². The van der Waals surface area contributed by atoms with E-state index < -0.39 is 0 Å². The lowest BCUT2D eigenvalue weighted by Crippen LogP contribution is -2.39. The first-order valence-corrected chi connectivity index (χ1v) is 6.26. The van der Waals surface area contributed by atoms with E-state index in [0.29, 0.717) is 17.2 Å². The summed E-state index contributed by atoms with van der Waals surface area (Å²) in [5.74, 6) is 0.219. The van der Waals surface area contributed by atoms with Crippen molar-refractivity contribution in [3.63, 3.8) is 0 Å². The number of nitrogens with one attached hydrogen (secondary N) is 1. The molecule has 1 atom stereocenters. The minimum atomic E-state index is -0.0906. The third-order valence-corrected chi connectivity index (χ3v) is 3.44. The van der Waals surface area contributed by atoms with Crippen LogP contribution < -0.4 is 5.32 Å². The summed E-state index contributed by atoms with van der Waals surface area (Å²) in [5.41, 5.74) is 2.43. The summed E-state index contributed by atoms with van der Waals surface area (Å²) in [6.45, 7) is 5.97. The highest BCUT2D eigenvalue weighted by molar-refractivity contribution is 7.11. The number of aryl methyl sites for hydroxylation is 1. The van der Waals surface area contributed by atoms with Gasteiger partial charge in [-0.25, -0.2) is 4.98 Å². The van der Waals surface area contributed by atoms with Crippen molar-refractivity contribution in [1.29, 1.82) is 0 Å². The number of aliphatic hydroxyl groups excluding tert-OH is 1. The second-order valence-electron chi connectivity index (χ2n) is 4.10. The molecular formula is C11H18N2O2S. The highest BCUT2D eigenvalue weighted by Gasteiger charge is 2.18. The number of nitrogens with zero attached hydrogens (tertiary/aromatic N) is 1. The number of hydrogen-bond acceptors (Lipinski definition) is 4. The SMILES string of the molecule is Cc1ncsc1C(=O)NC(CCO)C(C)C. The van der Waals surface area contributed by atoms with E-state index in [0.717, 1.165) is 5.69 Å². The first-order chi connectivity index (χ1) is 7.56. The van der Waals surface area contributed by atoms with Crippen LogP contribution >= 0.6 is 11.3 Å². The number of hydrogen-bond donors (Lipinski definition) is 2. The van der Waals surface area contributed by atoms with Crippen LogP contribution in [0.4, 0.5) is 0 Å². The van der Waals surface area contributed by atoms with Crippen LogP contribution in [-0.2, 0) is 0 Å². The van der Waals surface area contributed by atoms with Gasteiger partial charge in [0.05, 0.1) is 11.2 Å². The number of amides is 1. The molecule has 5 heteroatoms. The molecule has 1 unspecified atom stereocenters. The standard InChI is InChI=1S/C11H18N2O2S/c1-7(2)9(4-5-14)13-11(15)10-8(3)12-6-16-10/h6-7,9,14H,4-5H2,1-3H3,(H,13,15). The van der Waals surface area contributed by atoms with Crippen molar-refractivity contribution >= 4 is 17.2 Å². The molecule has 0 aliphatic heterocycles. The van der Waals surface area contributed by atoms with E-state index in [4.69, 9.17) is 5.11 Å². The minimum Gasteiger partial charge on any atom is -0.396 e. The quantitative estimate of drug-likeness (QED) is 0.824. The summed E-state index contributed by atoms with van der Waals surface area (Å²) in [6, 6.07) is 0.0130. The number of rotatable bonds is 5. The molecule has 1 heterocycles. The molecule has 0 saturated carbocycles. The highest BCUT2D eigenvalue weighted by Crippen LogP contribution is 2.13. The van der Waals surface area contributed by atoms with Crippen molar-refractivity contribution in [3.05, 3.63) is 16.1 Å². The van der Waals surface area contributed by atoms with E-state index in [-0.39, 0.29) is 18.6 Å². The normalized spacial score (nSPS) is 12.8. The fourth-order valence-electron chi connectivity index (χ4n) is 1.47. The highest BCUT2D eigenvalue weighted by atomic mass is 32.1. The third kappa shape index (κ3) is 3.28. The summed E-state index contributed by atoms with van der Waals surface area (Å²) in [4.78, 5) is 16.6. The number of carbonyl (C=O) groups excluding carboxylic acids is 1. The van der Waals surface area contributed by atoms with Crippen LogP contribution in [0.3, 0.4) is 0 Å². The van der Waals surface area contributed by atoms with Crippen LogP contribution in [-0.4, -0.2) is 28.6 Å². The molecule has 4 nitrogen and oxygen atoms in total. The summed E-state index contributed by atoms with van der Waals surface area (Å²) in [6.07, 6.45) is 0.585. The average Bonchev–Trinajstić information content (AvgIpc) is 2.63. The maximum absolute atomic E-state index is 11.9. The maximum atomic E-state index is 11.9. The Morgan fingerprint density at radius 2 is 2.31 bits per heavy atom. The number of carbonyl (C=O) groups is 1. The molecular weight excluding hydrogens is 224 g/mol. The van der Waals surface area contributed by atoms with Gasteiger partial charge in [-0.05, 0) is 19.3 Å². The summed E-state index contributed by atoms with van der Waals surface area (Å²) >= 11 is 1.34. The second-order valence-corrected chi connectivity index (χ2v) is 4.96. The summed E-state index contributed by atoms with van der Waals surface area (Å²) < 4.78 is 0. The number of thiazole rings is 1. The molecule has 0 aromatic carbocycles. The molecule has 0 bridgehead atoms. The Hall–Kier alpha value is -0.940. The van der Waals surface area contributed by atoms with Gasteiger partial charge in [0.15, 0.2) is 0 Å². The fourth-order valence-corrected chi connectivity index (χ4v) is 2.17. The van der Waals surface area contributed by atoms with Crippen molar-refractivity contribution in [2.45, 2.75) is 33.2 Å². The molecule has 0 aliphatic rings. The Kier molecular flexibility index (Phi) is 4.89. The lowest BCUT2D eigenvalue weighted by atomic mass is 10.0. The van der Waals surface area contributed by atoms with E-state index >= 15 is 0 Å².